The lowest BCUT2D eigenvalue weighted by Crippen LogP contribution is -2.22. The number of carbonyl (C=O) groups is 1. The van der Waals surface area contributed by atoms with Gasteiger partial charge in [0.25, 0.3) is 17.2 Å². The van der Waals surface area contributed by atoms with Crippen molar-refractivity contribution in [2.45, 2.75) is 6.54 Å². The Balaban J connectivity index is 1.84. The second-order valence-corrected chi connectivity index (χ2v) is 6.30. The minimum absolute atomic E-state index is 0.0494. The van der Waals surface area contributed by atoms with Gasteiger partial charge in [0.05, 0.1) is 17.0 Å². The average molecular weight is 402 g/mol. The van der Waals surface area contributed by atoms with E-state index < -0.39 is 16.6 Å². The second-order valence-electron chi connectivity index (χ2n) is 5.89. The van der Waals surface area contributed by atoms with Gasteiger partial charge in [-0.1, -0.05) is 23.7 Å². The van der Waals surface area contributed by atoms with Crippen LogP contribution >= 0.6 is 11.6 Å². The van der Waals surface area contributed by atoms with E-state index in [4.69, 9.17) is 11.6 Å². The molecule has 0 saturated carbocycles. The van der Waals surface area contributed by atoms with E-state index in [0.29, 0.717) is 5.56 Å². The fraction of sp³-hybridized carbons (Fsp3) is 0.0526. The molecular weight excluding hydrogens is 389 g/mol. The van der Waals surface area contributed by atoms with E-state index in [0.717, 1.165) is 6.07 Å². The van der Waals surface area contributed by atoms with Gasteiger partial charge in [-0.25, -0.2) is 4.39 Å². The Hall–Kier alpha value is -3.52. The van der Waals surface area contributed by atoms with Gasteiger partial charge < -0.3 is 9.88 Å². The zero-order valence-corrected chi connectivity index (χ0v) is 15.0. The number of anilines is 1. The molecule has 0 bridgehead atoms. The molecule has 0 aliphatic heterocycles. The maximum atomic E-state index is 13.3. The highest BCUT2D eigenvalue weighted by Gasteiger charge is 2.15. The molecule has 9 heteroatoms. The van der Waals surface area contributed by atoms with Crippen LogP contribution in [0.2, 0.25) is 5.02 Å². The van der Waals surface area contributed by atoms with Gasteiger partial charge in [0.1, 0.15) is 10.8 Å². The molecule has 1 N–H and O–H groups in total. The summed E-state index contributed by atoms with van der Waals surface area (Å²) in [6, 6.07) is 12.2. The van der Waals surface area contributed by atoms with Crippen LogP contribution in [0.1, 0.15) is 15.9 Å². The van der Waals surface area contributed by atoms with Crippen molar-refractivity contribution in [1.29, 1.82) is 0 Å². The fourth-order valence-electron chi connectivity index (χ4n) is 2.55. The first kappa shape index (κ1) is 19.2. The first-order valence-corrected chi connectivity index (χ1v) is 8.41. The zero-order chi connectivity index (χ0) is 20.3. The lowest BCUT2D eigenvalue weighted by Gasteiger charge is -2.10. The molecule has 0 atom stereocenters. The van der Waals surface area contributed by atoms with Crippen LogP contribution in [0.3, 0.4) is 0 Å². The molecule has 0 saturated heterocycles. The van der Waals surface area contributed by atoms with Crippen molar-refractivity contribution in [3.8, 4) is 0 Å². The van der Waals surface area contributed by atoms with Crippen molar-refractivity contribution >= 4 is 28.9 Å². The number of nitrogens with zero attached hydrogens (tertiary/aromatic N) is 2. The quantitative estimate of drug-likeness (QED) is 0.519. The van der Waals surface area contributed by atoms with Crippen LogP contribution in [0.4, 0.5) is 15.8 Å². The monoisotopic (exact) mass is 401 g/mol. The van der Waals surface area contributed by atoms with Gasteiger partial charge >= 0.3 is 0 Å². The molecule has 1 aromatic heterocycles. The Labute approximate surface area is 163 Å². The van der Waals surface area contributed by atoms with Crippen LogP contribution in [0.25, 0.3) is 0 Å². The molecule has 1 amide bonds. The Morgan fingerprint density at radius 2 is 1.96 bits per heavy atom. The van der Waals surface area contributed by atoms with Crippen LogP contribution in [0.15, 0.2) is 65.6 Å². The summed E-state index contributed by atoms with van der Waals surface area (Å²) in [5.41, 5.74) is 0.212. The molecule has 0 aliphatic carbocycles. The van der Waals surface area contributed by atoms with E-state index in [1.165, 1.54) is 53.2 Å². The van der Waals surface area contributed by atoms with Crippen molar-refractivity contribution in [3.05, 3.63) is 103 Å². The van der Waals surface area contributed by atoms with Crippen molar-refractivity contribution in [2.75, 3.05) is 5.32 Å². The number of nitro groups is 1. The highest BCUT2D eigenvalue weighted by atomic mass is 35.5. The first-order chi connectivity index (χ1) is 13.3. The molecule has 0 fully saturated rings. The number of nitro benzene ring substituents is 1. The van der Waals surface area contributed by atoms with Gasteiger partial charge in [-0.2, -0.15) is 0 Å². The van der Waals surface area contributed by atoms with E-state index in [-0.39, 0.29) is 34.1 Å². The number of rotatable bonds is 5. The number of carbonyl (C=O) groups excluding carboxylic acids is 1. The van der Waals surface area contributed by atoms with Gasteiger partial charge in [0.15, 0.2) is 0 Å². The van der Waals surface area contributed by atoms with E-state index in [2.05, 4.69) is 5.32 Å². The Morgan fingerprint density at radius 1 is 1.18 bits per heavy atom. The first-order valence-electron chi connectivity index (χ1n) is 8.04. The summed E-state index contributed by atoms with van der Waals surface area (Å²) in [6.45, 7) is 0.0874. The summed E-state index contributed by atoms with van der Waals surface area (Å²) in [7, 11) is 0. The van der Waals surface area contributed by atoms with Crippen molar-refractivity contribution in [3.63, 3.8) is 0 Å². The predicted molar refractivity (Wildman–Crippen MR) is 102 cm³/mol. The number of amides is 1. The van der Waals surface area contributed by atoms with E-state index in [1.54, 1.807) is 6.07 Å². The van der Waals surface area contributed by atoms with Gasteiger partial charge in [-0.3, -0.25) is 19.7 Å². The number of hydrogen-bond acceptors (Lipinski definition) is 4. The molecule has 0 spiro atoms. The lowest BCUT2D eigenvalue weighted by molar-refractivity contribution is -0.384. The normalized spacial score (nSPS) is 10.5. The molecule has 3 rings (SSSR count). The van der Waals surface area contributed by atoms with E-state index >= 15 is 0 Å². The van der Waals surface area contributed by atoms with Crippen molar-refractivity contribution < 1.29 is 14.1 Å². The van der Waals surface area contributed by atoms with Gasteiger partial charge in [-0.05, 0) is 35.9 Å². The summed E-state index contributed by atoms with van der Waals surface area (Å²) >= 11 is 5.75. The highest BCUT2D eigenvalue weighted by Crippen LogP contribution is 2.27. The molecule has 142 valence electrons. The van der Waals surface area contributed by atoms with Crippen molar-refractivity contribution in [2.24, 2.45) is 0 Å². The standard InChI is InChI=1S/C19H13ClFN3O4/c20-16-6-5-15(9-17(16)24(27)28)22-19(26)13-4-7-18(25)23(11-13)10-12-2-1-3-14(21)8-12/h1-9,11H,10H2,(H,22,26). The number of pyridine rings is 1. The lowest BCUT2D eigenvalue weighted by atomic mass is 10.2. The van der Waals surface area contributed by atoms with Gasteiger partial charge in [0.2, 0.25) is 0 Å². The number of aromatic nitrogens is 1. The third-order valence-corrected chi connectivity index (χ3v) is 4.21. The molecule has 2 aromatic carbocycles. The Morgan fingerprint density at radius 3 is 2.68 bits per heavy atom. The minimum Gasteiger partial charge on any atom is -0.322 e. The van der Waals surface area contributed by atoms with Crippen molar-refractivity contribution in [1.82, 2.24) is 4.57 Å². The molecule has 0 radical (unpaired) electrons. The van der Waals surface area contributed by atoms with Gasteiger partial charge in [0, 0.05) is 24.0 Å². The predicted octanol–water partition coefficient (Wildman–Crippen LogP) is 3.85. The fourth-order valence-corrected chi connectivity index (χ4v) is 2.74. The molecule has 0 unspecified atom stereocenters. The summed E-state index contributed by atoms with van der Waals surface area (Å²) in [5.74, 6) is -0.992. The van der Waals surface area contributed by atoms with Crippen LogP contribution in [0, 0.1) is 15.9 Å². The van der Waals surface area contributed by atoms with Crippen LogP contribution in [0.5, 0.6) is 0 Å². The van der Waals surface area contributed by atoms with Crippen LogP contribution in [-0.4, -0.2) is 15.4 Å². The summed E-state index contributed by atoms with van der Waals surface area (Å²) in [4.78, 5) is 34.8. The topological polar surface area (TPSA) is 94.2 Å². The third-order valence-electron chi connectivity index (χ3n) is 3.89. The van der Waals surface area contributed by atoms with Gasteiger partial charge in [-0.15, -0.1) is 0 Å². The molecule has 3 aromatic rings. The molecule has 28 heavy (non-hydrogen) atoms. The second kappa shape index (κ2) is 8.01. The number of halogens is 2. The molecule has 0 aliphatic rings. The average Bonchev–Trinajstić information content (AvgIpc) is 2.65. The Kier molecular flexibility index (Phi) is 5.51. The SMILES string of the molecule is O=C(Nc1ccc(Cl)c([N+](=O)[O-])c1)c1ccc(=O)n(Cc2cccc(F)c2)c1. The highest BCUT2D eigenvalue weighted by molar-refractivity contribution is 6.32. The maximum absolute atomic E-state index is 13.3. The maximum Gasteiger partial charge on any atom is 0.289 e. The summed E-state index contributed by atoms with van der Waals surface area (Å²) in [5, 5.41) is 13.4. The number of nitrogens with one attached hydrogen (secondary N) is 1. The molecular formula is C19H13ClFN3O4. The number of hydrogen-bond donors (Lipinski definition) is 1. The largest absolute Gasteiger partial charge is 0.322 e. The molecule has 1 heterocycles. The van der Waals surface area contributed by atoms with E-state index in [1.807, 2.05) is 0 Å². The summed E-state index contributed by atoms with van der Waals surface area (Å²) < 4.78 is 14.6. The Bertz CT molecular complexity index is 1130. The molecule has 7 nitrogen and oxygen atoms in total. The minimum atomic E-state index is -0.656. The van der Waals surface area contributed by atoms with Crippen LogP contribution in [-0.2, 0) is 6.54 Å². The van der Waals surface area contributed by atoms with E-state index in [9.17, 15) is 24.1 Å². The summed E-state index contributed by atoms with van der Waals surface area (Å²) in [6.07, 6.45) is 1.34. The smallest absolute Gasteiger partial charge is 0.289 e. The van der Waals surface area contributed by atoms with Crippen LogP contribution < -0.4 is 10.9 Å². The third kappa shape index (κ3) is 4.41. The zero-order valence-electron chi connectivity index (χ0n) is 14.3. The number of benzene rings is 2.